The maximum atomic E-state index is 5.37. The van der Waals surface area contributed by atoms with Crippen LogP contribution in [0.25, 0.3) is 0 Å². The zero-order chi connectivity index (χ0) is 14.5. The van der Waals surface area contributed by atoms with E-state index in [1.165, 1.54) is 11.3 Å². The van der Waals surface area contributed by atoms with Crippen molar-refractivity contribution in [3.8, 4) is 0 Å². The van der Waals surface area contributed by atoms with Crippen molar-refractivity contribution in [3.63, 3.8) is 0 Å². The number of aromatic nitrogens is 2. The summed E-state index contributed by atoms with van der Waals surface area (Å²) in [6.07, 6.45) is 3.71. The zero-order valence-corrected chi connectivity index (χ0v) is 12.5. The molecule has 0 atom stereocenters. The predicted octanol–water partition coefficient (Wildman–Crippen LogP) is 1.86. The Morgan fingerprint density at radius 3 is 2.62 bits per heavy atom. The SMILES string of the molecule is Cn1cncc1CNc1ccc(CN2CCOCC2)cc1. The molecule has 21 heavy (non-hydrogen) atoms. The van der Waals surface area contributed by atoms with Crippen LogP contribution < -0.4 is 5.32 Å². The van der Waals surface area contributed by atoms with E-state index in [9.17, 15) is 0 Å². The second kappa shape index (κ2) is 6.74. The van der Waals surface area contributed by atoms with Gasteiger partial charge in [-0.15, -0.1) is 0 Å². The van der Waals surface area contributed by atoms with Crippen LogP contribution in [0, 0.1) is 0 Å². The monoisotopic (exact) mass is 286 g/mol. The van der Waals surface area contributed by atoms with E-state index in [0.717, 1.165) is 45.1 Å². The first-order valence-electron chi connectivity index (χ1n) is 7.39. The normalized spacial score (nSPS) is 16.0. The van der Waals surface area contributed by atoms with Gasteiger partial charge in [-0.2, -0.15) is 0 Å². The van der Waals surface area contributed by atoms with Crippen molar-refractivity contribution in [2.45, 2.75) is 13.1 Å². The highest BCUT2D eigenvalue weighted by Crippen LogP contribution is 2.13. The lowest BCUT2D eigenvalue weighted by Crippen LogP contribution is -2.35. The molecule has 5 nitrogen and oxygen atoms in total. The highest BCUT2D eigenvalue weighted by Gasteiger charge is 2.10. The lowest BCUT2D eigenvalue weighted by Gasteiger charge is -2.26. The van der Waals surface area contributed by atoms with Crippen molar-refractivity contribution in [1.29, 1.82) is 0 Å². The molecule has 112 valence electrons. The molecule has 2 aromatic rings. The second-order valence-corrected chi connectivity index (χ2v) is 5.43. The number of rotatable bonds is 5. The first-order chi connectivity index (χ1) is 10.3. The minimum absolute atomic E-state index is 0.791. The number of nitrogens with zero attached hydrogens (tertiary/aromatic N) is 3. The zero-order valence-electron chi connectivity index (χ0n) is 12.5. The van der Waals surface area contributed by atoms with E-state index in [1.54, 1.807) is 0 Å². The third-order valence-corrected chi connectivity index (χ3v) is 3.85. The predicted molar refractivity (Wildman–Crippen MR) is 83.1 cm³/mol. The Hall–Kier alpha value is -1.85. The quantitative estimate of drug-likeness (QED) is 0.911. The molecule has 1 aliphatic rings. The number of hydrogen-bond acceptors (Lipinski definition) is 4. The van der Waals surface area contributed by atoms with Crippen LogP contribution in [0.2, 0.25) is 0 Å². The second-order valence-electron chi connectivity index (χ2n) is 5.43. The summed E-state index contributed by atoms with van der Waals surface area (Å²) in [6, 6.07) is 8.68. The maximum Gasteiger partial charge on any atom is 0.0946 e. The first kappa shape index (κ1) is 14.1. The lowest BCUT2D eigenvalue weighted by atomic mass is 10.2. The van der Waals surface area contributed by atoms with E-state index in [-0.39, 0.29) is 0 Å². The molecule has 0 spiro atoms. The van der Waals surface area contributed by atoms with E-state index in [2.05, 4.69) is 39.5 Å². The Bertz CT molecular complexity index is 558. The molecule has 0 bridgehead atoms. The topological polar surface area (TPSA) is 42.3 Å². The van der Waals surface area contributed by atoms with Gasteiger partial charge in [0.25, 0.3) is 0 Å². The fourth-order valence-electron chi connectivity index (χ4n) is 2.49. The fraction of sp³-hybridized carbons (Fsp3) is 0.438. The van der Waals surface area contributed by atoms with Gasteiger partial charge in [0.05, 0.1) is 31.8 Å². The molecule has 1 fully saturated rings. The van der Waals surface area contributed by atoms with E-state index in [1.807, 2.05) is 24.1 Å². The van der Waals surface area contributed by atoms with Crippen LogP contribution in [-0.2, 0) is 24.9 Å². The average molecular weight is 286 g/mol. The van der Waals surface area contributed by atoms with Gasteiger partial charge in [-0.05, 0) is 17.7 Å². The number of aryl methyl sites for hydroxylation is 1. The summed E-state index contributed by atoms with van der Waals surface area (Å²) < 4.78 is 7.40. The summed E-state index contributed by atoms with van der Waals surface area (Å²) in [6.45, 7) is 5.56. The third kappa shape index (κ3) is 3.83. The van der Waals surface area contributed by atoms with Crippen LogP contribution >= 0.6 is 0 Å². The van der Waals surface area contributed by atoms with Crippen molar-refractivity contribution in [3.05, 3.63) is 48.0 Å². The third-order valence-electron chi connectivity index (χ3n) is 3.85. The Balaban J connectivity index is 1.52. The van der Waals surface area contributed by atoms with E-state index < -0.39 is 0 Å². The van der Waals surface area contributed by atoms with Gasteiger partial charge in [0.2, 0.25) is 0 Å². The summed E-state index contributed by atoms with van der Waals surface area (Å²) >= 11 is 0. The minimum atomic E-state index is 0.791. The molecule has 1 N–H and O–H groups in total. The summed E-state index contributed by atoms with van der Waals surface area (Å²) in [5, 5.41) is 3.42. The van der Waals surface area contributed by atoms with Gasteiger partial charge in [0.1, 0.15) is 0 Å². The molecule has 0 unspecified atom stereocenters. The highest BCUT2D eigenvalue weighted by atomic mass is 16.5. The Kier molecular flexibility index (Phi) is 4.52. The van der Waals surface area contributed by atoms with E-state index in [4.69, 9.17) is 4.74 Å². The summed E-state index contributed by atoms with van der Waals surface area (Å²) in [5.74, 6) is 0. The van der Waals surface area contributed by atoms with E-state index in [0.29, 0.717) is 0 Å². The van der Waals surface area contributed by atoms with Crippen LogP contribution in [-0.4, -0.2) is 40.8 Å². The molecule has 1 saturated heterocycles. The molecule has 0 aliphatic carbocycles. The molecule has 0 saturated carbocycles. The Labute approximate surface area is 125 Å². The summed E-state index contributed by atoms with van der Waals surface area (Å²) in [5.41, 5.74) is 3.66. The Morgan fingerprint density at radius 1 is 1.19 bits per heavy atom. The van der Waals surface area contributed by atoms with Crippen LogP contribution in [0.3, 0.4) is 0 Å². The summed E-state index contributed by atoms with van der Waals surface area (Å²) in [7, 11) is 2.01. The first-order valence-corrected chi connectivity index (χ1v) is 7.39. The molecular formula is C16H22N4O. The standard InChI is InChI=1S/C16H22N4O/c1-19-13-17-10-16(19)11-18-15-4-2-14(3-5-15)12-20-6-8-21-9-7-20/h2-5,10,13,18H,6-9,11-12H2,1H3. The van der Waals surface area contributed by atoms with Gasteiger partial charge in [-0.25, -0.2) is 4.98 Å². The van der Waals surface area contributed by atoms with Gasteiger partial charge in [0.15, 0.2) is 0 Å². The fourth-order valence-corrected chi connectivity index (χ4v) is 2.49. The number of morpholine rings is 1. The summed E-state index contributed by atoms with van der Waals surface area (Å²) in [4.78, 5) is 6.55. The lowest BCUT2D eigenvalue weighted by molar-refractivity contribution is 0.0342. The van der Waals surface area contributed by atoms with Crippen LogP contribution in [0.4, 0.5) is 5.69 Å². The largest absolute Gasteiger partial charge is 0.379 e. The van der Waals surface area contributed by atoms with Crippen LogP contribution in [0.15, 0.2) is 36.8 Å². The van der Waals surface area contributed by atoms with Crippen molar-refractivity contribution >= 4 is 5.69 Å². The van der Waals surface area contributed by atoms with Crippen LogP contribution in [0.5, 0.6) is 0 Å². The number of nitrogens with one attached hydrogen (secondary N) is 1. The molecule has 0 radical (unpaired) electrons. The maximum absolute atomic E-state index is 5.37. The number of imidazole rings is 1. The molecule has 1 aliphatic heterocycles. The van der Waals surface area contributed by atoms with Gasteiger partial charge in [-0.3, -0.25) is 4.90 Å². The van der Waals surface area contributed by atoms with E-state index >= 15 is 0 Å². The van der Waals surface area contributed by atoms with Crippen LogP contribution in [0.1, 0.15) is 11.3 Å². The number of ether oxygens (including phenoxy) is 1. The van der Waals surface area contributed by atoms with Crippen molar-refractivity contribution in [1.82, 2.24) is 14.5 Å². The molecule has 5 heteroatoms. The number of anilines is 1. The molecule has 0 amide bonds. The van der Waals surface area contributed by atoms with Gasteiger partial charge >= 0.3 is 0 Å². The Morgan fingerprint density at radius 2 is 1.95 bits per heavy atom. The van der Waals surface area contributed by atoms with Gasteiger partial charge in [0, 0.05) is 38.6 Å². The molecule has 3 rings (SSSR count). The van der Waals surface area contributed by atoms with Gasteiger partial charge < -0.3 is 14.6 Å². The molecular weight excluding hydrogens is 264 g/mol. The van der Waals surface area contributed by atoms with Gasteiger partial charge in [-0.1, -0.05) is 12.1 Å². The number of benzene rings is 1. The smallest absolute Gasteiger partial charge is 0.0946 e. The number of hydrogen-bond donors (Lipinski definition) is 1. The molecule has 1 aromatic carbocycles. The molecule has 1 aromatic heterocycles. The van der Waals surface area contributed by atoms with Crippen molar-refractivity contribution < 1.29 is 4.74 Å². The van der Waals surface area contributed by atoms with Crippen molar-refractivity contribution in [2.24, 2.45) is 7.05 Å². The average Bonchev–Trinajstić information content (AvgIpc) is 2.93. The molecule has 2 heterocycles. The van der Waals surface area contributed by atoms with Crippen molar-refractivity contribution in [2.75, 3.05) is 31.6 Å². The minimum Gasteiger partial charge on any atom is -0.379 e. The highest BCUT2D eigenvalue weighted by molar-refractivity contribution is 5.44.